The van der Waals surface area contributed by atoms with Crippen LogP contribution in [0.15, 0.2) is 12.7 Å². The number of nitrogens with one attached hydrogen (secondary N) is 2. The summed E-state index contributed by atoms with van der Waals surface area (Å²) in [5, 5.41) is 6.53. The number of carbonyl (C=O) groups excluding carboxylic acids is 1. The first kappa shape index (κ1) is 29.7. The van der Waals surface area contributed by atoms with E-state index >= 15 is 0 Å². The summed E-state index contributed by atoms with van der Waals surface area (Å²) in [6.45, 7) is 12.4. The zero-order chi connectivity index (χ0) is 20.4. The minimum absolute atomic E-state index is 0. The normalized spacial score (nSPS) is 12.3. The summed E-state index contributed by atoms with van der Waals surface area (Å²) in [5.74, 6) is -0.105. The summed E-state index contributed by atoms with van der Waals surface area (Å²) >= 11 is 0. The van der Waals surface area contributed by atoms with Crippen LogP contribution in [0.1, 0.15) is 124 Å². The van der Waals surface area contributed by atoms with Gasteiger partial charge in [0.25, 0.3) is 0 Å². The van der Waals surface area contributed by atoms with E-state index in [1.54, 1.807) is 0 Å². The van der Waals surface area contributed by atoms with Crippen molar-refractivity contribution in [2.45, 2.75) is 136 Å². The first-order valence-corrected chi connectivity index (χ1v) is 11.7. The van der Waals surface area contributed by atoms with Crippen LogP contribution in [0.2, 0.25) is 0 Å². The molecule has 0 rings (SSSR count). The average Bonchev–Trinajstić information content (AvgIpc) is 2.64. The van der Waals surface area contributed by atoms with E-state index in [2.05, 4.69) is 44.9 Å². The Bertz CT molecular complexity index is 372. The van der Waals surface area contributed by atoms with E-state index in [1.807, 2.05) is 0 Å². The van der Waals surface area contributed by atoms with E-state index in [0.29, 0.717) is 0 Å². The summed E-state index contributed by atoms with van der Waals surface area (Å²) in [4.78, 5) is 11.5. The van der Waals surface area contributed by atoms with Gasteiger partial charge in [0.05, 0.1) is 6.17 Å². The van der Waals surface area contributed by atoms with Gasteiger partial charge in [0.1, 0.15) is 0 Å². The second kappa shape index (κ2) is 19.8. The van der Waals surface area contributed by atoms with Crippen molar-refractivity contribution in [1.82, 2.24) is 10.6 Å². The van der Waals surface area contributed by atoms with Gasteiger partial charge < -0.3 is 5.32 Å². The van der Waals surface area contributed by atoms with Crippen LogP contribution in [0.4, 0.5) is 0 Å². The number of hydrogen-bond acceptors (Lipinski definition) is 2. The Morgan fingerprint density at radius 3 is 1.68 bits per heavy atom. The maximum Gasteiger partial charge on any atom is 0.244 e. The maximum absolute atomic E-state index is 11.5. The molecule has 4 heteroatoms. The van der Waals surface area contributed by atoms with E-state index in [4.69, 9.17) is 0 Å². The fourth-order valence-electron chi connectivity index (χ4n) is 3.60. The molecule has 0 saturated heterocycles. The predicted molar refractivity (Wildman–Crippen MR) is 127 cm³/mol. The van der Waals surface area contributed by atoms with Crippen LogP contribution in [-0.4, -0.2) is 17.6 Å². The van der Waals surface area contributed by atoms with Gasteiger partial charge in [0, 0.05) is 5.54 Å². The Balaban J connectivity index is 0. The molecule has 0 aromatic carbocycles. The Morgan fingerprint density at radius 2 is 1.29 bits per heavy atom. The highest BCUT2D eigenvalue weighted by Gasteiger charge is 2.21. The van der Waals surface area contributed by atoms with E-state index in [1.165, 1.54) is 89.5 Å². The summed E-state index contributed by atoms with van der Waals surface area (Å²) in [7, 11) is 0. The Hall–Kier alpha value is -0.540. The second-order valence-corrected chi connectivity index (χ2v) is 8.69. The first-order chi connectivity index (χ1) is 12.9. The van der Waals surface area contributed by atoms with Gasteiger partial charge >= 0.3 is 0 Å². The highest BCUT2D eigenvalue weighted by Crippen LogP contribution is 2.17. The van der Waals surface area contributed by atoms with Gasteiger partial charge in [0.2, 0.25) is 5.91 Å². The zero-order valence-electron chi connectivity index (χ0n) is 19.3. The van der Waals surface area contributed by atoms with Crippen molar-refractivity contribution >= 4 is 18.3 Å². The number of halogens is 1. The lowest BCUT2D eigenvalue weighted by molar-refractivity contribution is -0.117. The van der Waals surface area contributed by atoms with Crippen LogP contribution in [0, 0.1) is 0 Å². The molecule has 0 aromatic rings. The van der Waals surface area contributed by atoms with Crippen LogP contribution in [0.25, 0.3) is 0 Å². The van der Waals surface area contributed by atoms with Crippen LogP contribution in [-0.2, 0) is 4.79 Å². The lowest BCUT2D eigenvalue weighted by Crippen LogP contribution is -2.53. The molecule has 0 heterocycles. The van der Waals surface area contributed by atoms with Crippen molar-refractivity contribution in [3.63, 3.8) is 0 Å². The molecule has 2 N–H and O–H groups in total. The molecular formula is C24H49ClN2O. The molecule has 0 aliphatic rings. The Kier molecular flexibility index (Phi) is 20.9. The fourth-order valence-corrected chi connectivity index (χ4v) is 3.60. The second-order valence-electron chi connectivity index (χ2n) is 8.69. The van der Waals surface area contributed by atoms with Gasteiger partial charge in [-0.3, -0.25) is 10.1 Å². The van der Waals surface area contributed by atoms with Crippen molar-refractivity contribution in [1.29, 1.82) is 0 Å². The summed E-state index contributed by atoms with van der Waals surface area (Å²) < 4.78 is 0. The van der Waals surface area contributed by atoms with Crippen LogP contribution in [0.5, 0.6) is 0 Å². The Labute approximate surface area is 182 Å². The molecule has 0 bridgehead atoms. The monoisotopic (exact) mass is 416 g/mol. The minimum Gasteiger partial charge on any atom is -0.337 e. The zero-order valence-corrected chi connectivity index (χ0v) is 20.1. The van der Waals surface area contributed by atoms with Gasteiger partial charge in [0.15, 0.2) is 0 Å². The molecule has 1 unspecified atom stereocenters. The number of rotatable bonds is 19. The predicted octanol–water partition coefficient (Wildman–Crippen LogP) is 7.30. The largest absolute Gasteiger partial charge is 0.337 e. The molecule has 0 aromatic heterocycles. The standard InChI is InChI=1S/C24H48N2O.ClH/c1-6-9-10-11-12-13-14-15-16-17-18-19-20-21-24(4,5)26-22(7-2)25-23(27)8-3;/h8,22,26H,3,6-7,9-21H2,1-2,4-5H3,(H,25,27);1H. The molecule has 0 aliphatic carbocycles. The number of amides is 1. The van der Waals surface area contributed by atoms with Crippen molar-refractivity contribution in [2.24, 2.45) is 0 Å². The van der Waals surface area contributed by atoms with Crippen molar-refractivity contribution in [3.8, 4) is 0 Å². The highest BCUT2D eigenvalue weighted by atomic mass is 35.5. The quantitative estimate of drug-likeness (QED) is 0.132. The summed E-state index contributed by atoms with van der Waals surface area (Å²) in [5.41, 5.74) is 0.0485. The van der Waals surface area contributed by atoms with E-state index in [9.17, 15) is 4.79 Å². The van der Waals surface area contributed by atoms with Crippen LogP contribution < -0.4 is 10.6 Å². The molecule has 0 aliphatic heterocycles. The van der Waals surface area contributed by atoms with E-state index in [-0.39, 0.29) is 30.0 Å². The van der Waals surface area contributed by atoms with Gasteiger partial charge in [-0.25, -0.2) is 0 Å². The van der Waals surface area contributed by atoms with E-state index < -0.39 is 0 Å². The molecule has 168 valence electrons. The van der Waals surface area contributed by atoms with Gasteiger partial charge in [-0.1, -0.05) is 104 Å². The smallest absolute Gasteiger partial charge is 0.244 e. The molecular weight excluding hydrogens is 368 g/mol. The minimum atomic E-state index is -0.105. The van der Waals surface area contributed by atoms with Crippen LogP contribution >= 0.6 is 12.4 Å². The molecule has 0 radical (unpaired) electrons. The molecule has 0 fully saturated rings. The third-order valence-electron chi connectivity index (χ3n) is 5.38. The number of hydrogen-bond donors (Lipinski definition) is 2. The van der Waals surface area contributed by atoms with Gasteiger partial charge in [-0.05, 0) is 32.8 Å². The topological polar surface area (TPSA) is 41.1 Å². The lowest BCUT2D eigenvalue weighted by Gasteiger charge is -2.32. The average molecular weight is 417 g/mol. The third-order valence-corrected chi connectivity index (χ3v) is 5.38. The van der Waals surface area contributed by atoms with Gasteiger partial charge in [-0.15, -0.1) is 12.4 Å². The molecule has 0 spiro atoms. The highest BCUT2D eigenvalue weighted by molar-refractivity contribution is 5.87. The van der Waals surface area contributed by atoms with E-state index in [0.717, 1.165) is 12.8 Å². The Morgan fingerprint density at radius 1 is 0.857 bits per heavy atom. The number of unbranched alkanes of at least 4 members (excludes halogenated alkanes) is 12. The van der Waals surface area contributed by atoms with Crippen molar-refractivity contribution < 1.29 is 4.79 Å². The lowest BCUT2D eigenvalue weighted by atomic mass is 9.95. The SMILES string of the molecule is C=CC(=O)NC(CC)NC(C)(C)CCCCCCCCCCCCCCC.Cl. The van der Waals surface area contributed by atoms with Gasteiger partial charge in [-0.2, -0.15) is 0 Å². The van der Waals surface area contributed by atoms with Crippen molar-refractivity contribution in [2.75, 3.05) is 0 Å². The molecule has 0 saturated carbocycles. The maximum atomic E-state index is 11.5. The fraction of sp³-hybridized carbons (Fsp3) is 0.875. The molecule has 1 atom stereocenters. The van der Waals surface area contributed by atoms with Crippen molar-refractivity contribution in [3.05, 3.63) is 12.7 Å². The molecule has 28 heavy (non-hydrogen) atoms. The molecule has 3 nitrogen and oxygen atoms in total. The first-order valence-electron chi connectivity index (χ1n) is 11.7. The molecule has 1 amide bonds. The van der Waals surface area contributed by atoms with Crippen LogP contribution in [0.3, 0.4) is 0 Å². The number of carbonyl (C=O) groups is 1. The summed E-state index contributed by atoms with van der Waals surface area (Å²) in [6, 6.07) is 0. The third kappa shape index (κ3) is 18.8. The summed E-state index contributed by atoms with van der Waals surface area (Å²) in [6.07, 6.45) is 21.4.